The van der Waals surface area contributed by atoms with E-state index in [1.54, 1.807) is 0 Å². The van der Waals surface area contributed by atoms with Gasteiger partial charge in [-0.05, 0) is 30.7 Å². The van der Waals surface area contributed by atoms with E-state index in [9.17, 15) is 0 Å². The smallest absolute Gasteiger partial charge is 0.227 e. The van der Waals surface area contributed by atoms with Crippen molar-refractivity contribution >= 4 is 28.4 Å². The number of nitrogens with zero attached hydrogens (tertiary/aromatic N) is 4. The molecule has 0 radical (unpaired) electrons. The lowest BCUT2D eigenvalue weighted by atomic mass is 9.85. The Morgan fingerprint density at radius 1 is 1.25 bits per heavy atom. The quantitative estimate of drug-likeness (QED) is 0.683. The SMILES string of the molecule is c1cc(Nc2ccc3[nH]ncc3c2)nc(N2CC[C@@H]3NC[C@@H]3C2)n1. The molecule has 3 N–H and O–H groups in total. The Bertz CT molecular complexity index is 874. The second-order valence-electron chi connectivity index (χ2n) is 6.55. The van der Waals surface area contributed by atoms with Gasteiger partial charge in [0, 0.05) is 48.9 Å². The predicted octanol–water partition coefficient (Wildman–Crippen LogP) is 1.89. The molecule has 2 aliphatic rings. The molecule has 0 bridgehead atoms. The van der Waals surface area contributed by atoms with Gasteiger partial charge < -0.3 is 15.5 Å². The summed E-state index contributed by atoms with van der Waals surface area (Å²) in [6.07, 6.45) is 4.82. The summed E-state index contributed by atoms with van der Waals surface area (Å²) in [6.45, 7) is 3.17. The Balaban J connectivity index is 1.36. The van der Waals surface area contributed by atoms with Crippen molar-refractivity contribution in [2.24, 2.45) is 5.92 Å². The molecule has 0 spiro atoms. The van der Waals surface area contributed by atoms with Crippen LogP contribution in [0.4, 0.5) is 17.5 Å². The van der Waals surface area contributed by atoms with E-state index in [1.807, 2.05) is 30.6 Å². The third kappa shape index (κ3) is 2.37. The van der Waals surface area contributed by atoms with Crippen LogP contribution in [0.1, 0.15) is 6.42 Å². The standard InChI is InChI=1S/C17H19N7/c1-2-15-11(9-20-23-15)7-13(1)21-16-3-5-18-17(22-16)24-6-4-14-12(10-24)8-19-14/h1-3,5,7,9,12,14,19H,4,6,8,10H2,(H,20,23)(H,18,21,22)/t12-,14+/m1/s1. The highest BCUT2D eigenvalue weighted by molar-refractivity contribution is 5.82. The van der Waals surface area contributed by atoms with Gasteiger partial charge in [-0.1, -0.05) is 0 Å². The van der Waals surface area contributed by atoms with Crippen molar-refractivity contribution < 1.29 is 0 Å². The lowest BCUT2D eigenvalue weighted by molar-refractivity contribution is 0.197. The molecule has 7 nitrogen and oxygen atoms in total. The number of aromatic amines is 1. The van der Waals surface area contributed by atoms with E-state index in [2.05, 4.69) is 36.8 Å². The average molecular weight is 321 g/mol. The van der Waals surface area contributed by atoms with Crippen LogP contribution >= 0.6 is 0 Å². The second-order valence-corrected chi connectivity index (χ2v) is 6.55. The van der Waals surface area contributed by atoms with Gasteiger partial charge in [0.05, 0.1) is 11.7 Å². The number of rotatable bonds is 3. The zero-order valence-electron chi connectivity index (χ0n) is 13.2. The summed E-state index contributed by atoms with van der Waals surface area (Å²) in [5.41, 5.74) is 2.02. The van der Waals surface area contributed by atoms with Crippen LogP contribution in [0.5, 0.6) is 0 Å². The monoisotopic (exact) mass is 321 g/mol. The van der Waals surface area contributed by atoms with E-state index >= 15 is 0 Å². The van der Waals surface area contributed by atoms with Crippen LogP contribution in [0.25, 0.3) is 10.9 Å². The maximum atomic E-state index is 4.70. The molecule has 2 atom stereocenters. The van der Waals surface area contributed by atoms with Gasteiger partial charge in [0.15, 0.2) is 0 Å². The molecule has 0 aliphatic carbocycles. The van der Waals surface area contributed by atoms with Crippen molar-refractivity contribution in [1.29, 1.82) is 0 Å². The van der Waals surface area contributed by atoms with Crippen molar-refractivity contribution in [3.05, 3.63) is 36.7 Å². The Morgan fingerprint density at radius 3 is 3.12 bits per heavy atom. The molecule has 3 aromatic rings. The largest absolute Gasteiger partial charge is 0.340 e. The lowest BCUT2D eigenvalue weighted by Crippen LogP contribution is -2.61. The first kappa shape index (κ1) is 13.7. The fourth-order valence-electron chi connectivity index (χ4n) is 3.57. The normalized spacial score (nSPS) is 22.9. The Morgan fingerprint density at radius 2 is 2.25 bits per heavy atom. The average Bonchev–Trinajstić information content (AvgIpc) is 3.04. The van der Waals surface area contributed by atoms with Crippen LogP contribution in [-0.2, 0) is 0 Å². The van der Waals surface area contributed by atoms with Crippen molar-refractivity contribution in [2.45, 2.75) is 12.5 Å². The Labute approximate surface area is 139 Å². The number of benzene rings is 1. The number of hydrogen-bond donors (Lipinski definition) is 3. The number of piperidine rings is 1. The highest BCUT2D eigenvalue weighted by Gasteiger charge is 2.36. The molecule has 0 unspecified atom stereocenters. The number of hydrogen-bond acceptors (Lipinski definition) is 6. The maximum Gasteiger partial charge on any atom is 0.227 e. The topological polar surface area (TPSA) is 81.8 Å². The van der Waals surface area contributed by atoms with Gasteiger partial charge >= 0.3 is 0 Å². The number of anilines is 3. The Hall–Kier alpha value is -2.67. The molecular formula is C17H19N7. The fourth-order valence-corrected chi connectivity index (χ4v) is 3.57. The zero-order valence-corrected chi connectivity index (χ0v) is 13.2. The molecule has 2 saturated heterocycles. The molecule has 0 saturated carbocycles. The molecule has 2 fully saturated rings. The van der Waals surface area contributed by atoms with Gasteiger partial charge in [0.1, 0.15) is 5.82 Å². The minimum Gasteiger partial charge on any atom is -0.340 e. The van der Waals surface area contributed by atoms with E-state index in [0.717, 1.165) is 53.9 Å². The Kier molecular flexibility index (Phi) is 3.12. The molecule has 0 amide bonds. The molecule has 122 valence electrons. The fraction of sp³-hybridized carbons (Fsp3) is 0.353. The minimum absolute atomic E-state index is 0.698. The highest BCUT2D eigenvalue weighted by atomic mass is 15.3. The van der Waals surface area contributed by atoms with E-state index < -0.39 is 0 Å². The third-order valence-corrected chi connectivity index (χ3v) is 5.01. The van der Waals surface area contributed by atoms with Crippen LogP contribution in [0.3, 0.4) is 0 Å². The van der Waals surface area contributed by atoms with E-state index in [-0.39, 0.29) is 0 Å². The minimum atomic E-state index is 0.698. The summed E-state index contributed by atoms with van der Waals surface area (Å²) >= 11 is 0. The van der Waals surface area contributed by atoms with Crippen molar-refractivity contribution in [3.63, 3.8) is 0 Å². The molecule has 5 rings (SSSR count). The second kappa shape index (κ2) is 5.45. The van der Waals surface area contributed by atoms with Crippen LogP contribution in [0, 0.1) is 5.92 Å². The van der Waals surface area contributed by atoms with Crippen LogP contribution in [0.15, 0.2) is 36.7 Å². The zero-order chi connectivity index (χ0) is 15.9. The molecule has 2 aromatic heterocycles. The van der Waals surface area contributed by atoms with Gasteiger partial charge in [0.2, 0.25) is 5.95 Å². The van der Waals surface area contributed by atoms with E-state index in [0.29, 0.717) is 6.04 Å². The number of nitrogens with one attached hydrogen (secondary N) is 3. The van der Waals surface area contributed by atoms with Gasteiger partial charge in [0.25, 0.3) is 0 Å². The van der Waals surface area contributed by atoms with Crippen molar-refractivity contribution in [3.8, 4) is 0 Å². The number of fused-ring (bicyclic) bond motifs is 2. The van der Waals surface area contributed by atoms with Crippen LogP contribution in [0.2, 0.25) is 0 Å². The van der Waals surface area contributed by atoms with Gasteiger partial charge in [-0.3, -0.25) is 5.10 Å². The summed E-state index contributed by atoms with van der Waals surface area (Å²) in [5.74, 6) is 2.37. The van der Waals surface area contributed by atoms with Gasteiger partial charge in [-0.25, -0.2) is 4.98 Å². The summed E-state index contributed by atoms with van der Waals surface area (Å²) in [4.78, 5) is 11.5. The van der Waals surface area contributed by atoms with Crippen molar-refractivity contribution in [1.82, 2.24) is 25.5 Å². The first-order chi connectivity index (χ1) is 11.8. The summed E-state index contributed by atoms with van der Waals surface area (Å²) in [6, 6.07) is 8.70. The highest BCUT2D eigenvalue weighted by Crippen LogP contribution is 2.26. The first-order valence-electron chi connectivity index (χ1n) is 8.37. The summed E-state index contributed by atoms with van der Waals surface area (Å²) in [5, 5.41) is 14.9. The lowest BCUT2D eigenvalue weighted by Gasteiger charge is -2.46. The molecule has 1 aromatic carbocycles. The molecule has 2 aliphatic heterocycles. The van der Waals surface area contributed by atoms with Crippen molar-refractivity contribution in [2.75, 3.05) is 29.9 Å². The predicted molar refractivity (Wildman–Crippen MR) is 93.5 cm³/mol. The number of H-pyrrole nitrogens is 1. The first-order valence-corrected chi connectivity index (χ1v) is 8.37. The number of aromatic nitrogens is 4. The molecule has 24 heavy (non-hydrogen) atoms. The van der Waals surface area contributed by atoms with E-state index in [1.165, 1.54) is 6.42 Å². The molecule has 4 heterocycles. The van der Waals surface area contributed by atoms with Gasteiger partial charge in [-0.2, -0.15) is 10.1 Å². The third-order valence-electron chi connectivity index (χ3n) is 5.01. The summed E-state index contributed by atoms with van der Waals surface area (Å²) < 4.78 is 0. The van der Waals surface area contributed by atoms with Gasteiger partial charge in [-0.15, -0.1) is 0 Å². The van der Waals surface area contributed by atoms with E-state index in [4.69, 9.17) is 4.98 Å². The molecule has 7 heteroatoms. The van der Waals surface area contributed by atoms with Crippen LogP contribution in [-0.4, -0.2) is 45.8 Å². The van der Waals surface area contributed by atoms with Crippen LogP contribution < -0.4 is 15.5 Å². The molecular weight excluding hydrogens is 302 g/mol. The summed E-state index contributed by atoms with van der Waals surface area (Å²) in [7, 11) is 0. The maximum absolute atomic E-state index is 4.70.